The van der Waals surface area contributed by atoms with E-state index in [0.717, 1.165) is 17.9 Å². The van der Waals surface area contributed by atoms with Gasteiger partial charge in [0.25, 0.3) is 0 Å². The molecule has 2 aromatic carbocycles. The van der Waals surface area contributed by atoms with Crippen molar-refractivity contribution in [1.82, 2.24) is 0 Å². The van der Waals surface area contributed by atoms with Crippen LogP contribution in [0, 0.1) is 12.8 Å². The minimum Gasteiger partial charge on any atom is -0.463 e. The lowest BCUT2D eigenvalue weighted by molar-refractivity contribution is 0.425. The first-order valence-electron chi connectivity index (χ1n) is 9.49. The van der Waals surface area contributed by atoms with E-state index in [1.54, 1.807) is 12.5 Å². The molecular weight excluding hydrogens is 332 g/mol. The lowest BCUT2D eigenvalue weighted by Gasteiger charge is -2.37. The Morgan fingerprint density at radius 1 is 1.11 bits per heavy atom. The summed E-state index contributed by atoms with van der Waals surface area (Å²) in [5.41, 5.74) is 6.27. The number of aliphatic imine (C=N–C) groups is 1. The van der Waals surface area contributed by atoms with Crippen LogP contribution in [0.15, 0.2) is 82.4 Å². The van der Waals surface area contributed by atoms with Gasteiger partial charge in [-0.1, -0.05) is 42.0 Å². The van der Waals surface area contributed by atoms with E-state index in [4.69, 9.17) is 4.42 Å². The highest BCUT2D eigenvalue weighted by atomic mass is 16.3. The predicted octanol–water partition coefficient (Wildman–Crippen LogP) is 6.17. The molecule has 0 amide bonds. The quantitative estimate of drug-likeness (QED) is 0.451. The molecule has 3 heteroatoms. The summed E-state index contributed by atoms with van der Waals surface area (Å²) in [6.45, 7) is 2.17. The monoisotopic (exact) mass is 354 g/mol. The maximum atomic E-state index is 5.30. The molecule has 3 atom stereocenters. The molecule has 0 spiro atoms. The number of hydrogen-bond donors (Lipinski definition) is 1. The molecule has 0 saturated heterocycles. The van der Waals surface area contributed by atoms with Gasteiger partial charge in [0.2, 0.25) is 0 Å². The van der Waals surface area contributed by atoms with Crippen LogP contribution in [0.2, 0.25) is 0 Å². The highest BCUT2D eigenvalue weighted by Gasteiger charge is 2.37. The molecule has 134 valence electrons. The summed E-state index contributed by atoms with van der Waals surface area (Å²) in [6, 6.07) is 19.4. The number of allylic oxidation sites excluding steroid dienone is 2. The highest BCUT2D eigenvalue weighted by Crippen LogP contribution is 2.49. The number of furan rings is 1. The maximum absolute atomic E-state index is 5.30. The van der Waals surface area contributed by atoms with E-state index >= 15 is 0 Å². The van der Waals surface area contributed by atoms with E-state index in [-0.39, 0.29) is 0 Å². The molecule has 2 aliphatic rings. The van der Waals surface area contributed by atoms with Gasteiger partial charge in [0.1, 0.15) is 5.76 Å². The van der Waals surface area contributed by atoms with Crippen molar-refractivity contribution < 1.29 is 4.42 Å². The maximum Gasteiger partial charge on any atom is 0.144 e. The number of rotatable bonds is 3. The lowest BCUT2D eigenvalue weighted by Crippen LogP contribution is -2.29. The van der Waals surface area contributed by atoms with Gasteiger partial charge in [-0.3, -0.25) is 4.99 Å². The van der Waals surface area contributed by atoms with Crippen LogP contribution in [0.3, 0.4) is 0 Å². The number of hydrogen-bond acceptors (Lipinski definition) is 3. The van der Waals surface area contributed by atoms with Crippen LogP contribution in [-0.2, 0) is 0 Å². The number of anilines is 1. The first-order chi connectivity index (χ1) is 13.3. The molecule has 0 radical (unpaired) electrons. The largest absolute Gasteiger partial charge is 0.463 e. The van der Waals surface area contributed by atoms with E-state index in [0.29, 0.717) is 17.9 Å². The summed E-state index contributed by atoms with van der Waals surface area (Å²) in [5, 5.41) is 3.79. The van der Waals surface area contributed by atoms with Gasteiger partial charge in [0, 0.05) is 11.6 Å². The van der Waals surface area contributed by atoms with Gasteiger partial charge in [-0.05, 0) is 60.7 Å². The summed E-state index contributed by atoms with van der Waals surface area (Å²) >= 11 is 0. The molecule has 2 heterocycles. The van der Waals surface area contributed by atoms with Crippen LogP contribution in [0.5, 0.6) is 0 Å². The summed E-state index contributed by atoms with van der Waals surface area (Å²) in [5.74, 6) is 1.83. The van der Waals surface area contributed by atoms with Gasteiger partial charge in [-0.15, -0.1) is 0 Å². The average molecular weight is 354 g/mol. The number of fused-ring (bicyclic) bond motifs is 3. The molecule has 0 saturated carbocycles. The Morgan fingerprint density at radius 2 is 2.00 bits per heavy atom. The van der Waals surface area contributed by atoms with Crippen molar-refractivity contribution >= 4 is 17.6 Å². The zero-order valence-electron chi connectivity index (χ0n) is 15.3. The van der Waals surface area contributed by atoms with Crippen molar-refractivity contribution in [3.8, 4) is 0 Å². The van der Waals surface area contributed by atoms with Gasteiger partial charge in [-0.2, -0.15) is 0 Å². The summed E-state index contributed by atoms with van der Waals surface area (Å²) < 4.78 is 5.30. The third-order valence-electron chi connectivity index (χ3n) is 5.65. The second-order valence-corrected chi connectivity index (χ2v) is 7.43. The molecule has 1 aliphatic carbocycles. The average Bonchev–Trinajstić information content (AvgIpc) is 3.38. The topological polar surface area (TPSA) is 37.5 Å². The van der Waals surface area contributed by atoms with Crippen LogP contribution < -0.4 is 5.32 Å². The van der Waals surface area contributed by atoms with Crippen LogP contribution >= 0.6 is 0 Å². The van der Waals surface area contributed by atoms with Crippen LogP contribution in [-0.4, -0.2) is 6.21 Å². The zero-order valence-corrected chi connectivity index (χ0v) is 15.3. The van der Waals surface area contributed by atoms with E-state index in [2.05, 4.69) is 71.8 Å². The minimum absolute atomic E-state index is 0.323. The van der Waals surface area contributed by atoms with E-state index in [9.17, 15) is 0 Å². The van der Waals surface area contributed by atoms with Crippen molar-refractivity contribution in [2.45, 2.75) is 25.3 Å². The standard InChI is InChI=1S/C24H22N2O/c1-16-7-12-23-22(14-16)20-5-2-6-21(20)24(26-23)17-8-10-18(11-9-17)25-15-19-4-3-13-27-19/h2-5,7-15,20-21,24,26H,6H2,1H3/t20-,21-,24-/m1/s1. The van der Waals surface area contributed by atoms with Gasteiger partial charge >= 0.3 is 0 Å². The Kier molecular flexibility index (Phi) is 3.93. The Morgan fingerprint density at radius 3 is 2.81 bits per heavy atom. The number of benzene rings is 2. The second-order valence-electron chi connectivity index (χ2n) is 7.43. The Labute approximate surface area is 159 Å². The molecule has 0 fully saturated rings. The number of aryl methyl sites for hydroxylation is 1. The fourth-order valence-corrected chi connectivity index (χ4v) is 4.31. The normalized spacial score (nSPS) is 23.2. The fraction of sp³-hybridized carbons (Fsp3) is 0.208. The first-order valence-corrected chi connectivity index (χ1v) is 9.49. The lowest BCUT2D eigenvalue weighted by atomic mass is 9.76. The Balaban J connectivity index is 1.42. The third kappa shape index (κ3) is 2.99. The smallest absolute Gasteiger partial charge is 0.144 e. The van der Waals surface area contributed by atoms with Crippen molar-refractivity contribution in [3.05, 3.63) is 95.5 Å². The fourth-order valence-electron chi connectivity index (χ4n) is 4.31. The van der Waals surface area contributed by atoms with Gasteiger partial charge < -0.3 is 9.73 Å². The number of nitrogens with one attached hydrogen (secondary N) is 1. The SMILES string of the molecule is Cc1ccc2c(c1)[C@@H]1C=CC[C@H]1[C@@H](c1ccc(N=Cc3ccco3)cc1)N2. The molecule has 5 rings (SSSR count). The van der Waals surface area contributed by atoms with Gasteiger partial charge in [0.05, 0.1) is 24.2 Å². The molecule has 3 nitrogen and oxygen atoms in total. The molecule has 1 aromatic heterocycles. The molecular formula is C24H22N2O. The Bertz CT molecular complexity index is 999. The first kappa shape index (κ1) is 16.1. The summed E-state index contributed by atoms with van der Waals surface area (Å²) in [6.07, 6.45) is 9.25. The van der Waals surface area contributed by atoms with Crippen molar-refractivity contribution in [3.63, 3.8) is 0 Å². The molecule has 3 aromatic rings. The molecule has 0 unspecified atom stereocenters. The van der Waals surface area contributed by atoms with Crippen molar-refractivity contribution in [1.29, 1.82) is 0 Å². The molecule has 1 N–H and O–H groups in total. The predicted molar refractivity (Wildman–Crippen MR) is 110 cm³/mol. The molecule has 0 bridgehead atoms. The van der Waals surface area contributed by atoms with E-state index in [1.165, 1.54) is 22.4 Å². The van der Waals surface area contributed by atoms with Crippen LogP contribution in [0.1, 0.15) is 40.8 Å². The van der Waals surface area contributed by atoms with Crippen LogP contribution in [0.25, 0.3) is 0 Å². The van der Waals surface area contributed by atoms with Crippen molar-refractivity contribution in [2.24, 2.45) is 10.9 Å². The highest BCUT2D eigenvalue weighted by molar-refractivity contribution is 5.78. The minimum atomic E-state index is 0.323. The summed E-state index contributed by atoms with van der Waals surface area (Å²) in [7, 11) is 0. The molecule has 27 heavy (non-hydrogen) atoms. The van der Waals surface area contributed by atoms with Crippen LogP contribution in [0.4, 0.5) is 11.4 Å². The number of nitrogens with zero attached hydrogens (tertiary/aromatic N) is 1. The van der Waals surface area contributed by atoms with Gasteiger partial charge in [0.15, 0.2) is 0 Å². The zero-order chi connectivity index (χ0) is 18.2. The van der Waals surface area contributed by atoms with E-state index < -0.39 is 0 Å². The summed E-state index contributed by atoms with van der Waals surface area (Å²) in [4.78, 5) is 4.50. The third-order valence-corrected chi connectivity index (χ3v) is 5.65. The second kappa shape index (κ2) is 6.58. The van der Waals surface area contributed by atoms with Crippen molar-refractivity contribution in [2.75, 3.05) is 5.32 Å². The van der Waals surface area contributed by atoms with Gasteiger partial charge in [-0.25, -0.2) is 0 Å². The Hall–Kier alpha value is -3.07. The van der Waals surface area contributed by atoms with E-state index in [1.807, 2.05) is 12.1 Å². The molecule has 1 aliphatic heterocycles.